The molecule has 2 N–H and O–H groups in total. The van der Waals surface area contributed by atoms with Crippen molar-refractivity contribution in [2.45, 2.75) is 25.5 Å². The first-order chi connectivity index (χ1) is 17.4. The van der Waals surface area contributed by atoms with E-state index >= 15 is 0 Å². The molecule has 3 rings (SSSR count). The molecular weight excluding hydrogens is 464 g/mol. The van der Waals surface area contributed by atoms with E-state index < -0.39 is 23.6 Å². The lowest BCUT2D eigenvalue weighted by Gasteiger charge is -2.40. The summed E-state index contributed by atoms with van der Waals surface area (Å²) in [5.41, 5.74) is -0.661. The summed E-state index contributed by atoms with van der Waals surface area (Å²) in [5.74, 6) is -1.09. The van der Waals surface area contributed by atoms with Gasteiger partial charge in [0, 0.05) is 13.1 Å². The number of nitrogens with zero attached hydrogens (tertiary/aromatic N) is 3. The number of nitrogens with one attached hydrogen (secondary N) is 1. The van der Waals surface area contributed by atoms with Gasteiger partial charge in [-0.15, -0.1) is 0 Å². The molecule has 10 heteroatoms. The number of benzene rings is 2. The van der Waals surface area contributed by atoms with Crippen LogP contribution in [0.4, 0.5) is 4.79 Å². The van der Waals surface area contributed by atoms with Crippen LogP contribution in [0.2, 0.25) is 0 Å². The van der Waals surface area contributed by atoms with Crippen LogP contribution in [-0.2, 0) is 10.3 Å². The van der Waals surface area contributed by atoms with Gasteiger partial charge in [0.25, 0.3) is 0 Å². The molecule has 2 aromatic carbocycles. The second-order valence-corrected chi connectivity index (χ2v) is 7.71. The number of aromatic nitrogens is 2. The largest absolute Gasteiger partial charge is 0.481 e. The van der Waals surface area contributed by atoms with E-state index in [1.165, 1.54) is 20.3 Å². The number of ether oxygens (including phenoxy) is 3. The summed E-state index contributed by atoms with van der Waals surface area (Å²) in [5, 5.41) is 13.5. The molecule has 1 unspecified atom stereocenters. The molecule has 3 aromatic rings. The average Bonchev–Trinajstić information content (AvgIpc) is 2.91. The molecule has 36 heavy (non-hydrogen) atoms. The maximum absolute atomic E-state index is 13.4. The molecule has 0 spiro atoms. The number of methoxy groups -OCH3 is 2. The van der Waals surface area contributed by atoms with Gasteiger partial charge < -0.3 is 29.5 Å². The van der Waals surface area contributed by atoms with Crippen molar-refractivity contribution in [1.29, 1.82) is 0 Å². The number of urea groups is 1. The normalized spacial score (nSPS) is 11.8. The predicted octanol–water partition coefficient (Wildman–Crippen LogP) is 3.32. The SMILES string of the molecule is CCN(CC)C(=O)NC(c1ccccc1)(c1ccccc1)C(Oc1nc(OC)cc(OC)n1)C(=O)O. The minimum Gasteiger partial charge on any atom is -0.481 e. The third-order valence-electron chi connectivity index (χ3n) is 5.73. The molecular formula is C26H30N4O6. The maximum Gasteiger partial charge on any atom is 0.348 e. The zero-order valence-corrected chi connectivity index (χ0v) is 20.7. The van der Waals surface area contributed by atoms with E-state index in [0.29, 0.717) is 24.2 Å². The van der Waals surface area contributed by atoms with E-state index in [1.807, 2.05) is 13.8 Å². The van der Waals surface area contributed by atoms with Crippen LogP contribution >= 0.6 is 0 Å². The number of hydrogen-bond donors (Lipinski definition) is 2. The van der Waals surface area contributed by atoms with Crippen molar-refractivity contribution in [3.05, 3.63) is 77.9 Å². The van der Waals surface area contributed by atoms with Crippen molar-refractivity contribution < 1.29 is 28.9 Å². The summed E-state index contributed by atoms with van der Waals surface area (Å²) >= 11 is 0. The molecule has 10 nitrogen and oxygen atoms in total. The highest BCUT2D eigenvalue weighted by molar-refractivity contribution is 5.82. The minimum absolute atomic E-state index is 0.123. The van der Waals surface area contributed by atoms with E-state index in [4.69, 9.17) is 14.2 Å². The Morgan fingerprint density at radius 2 is 1.39 bits per heavy atom. The fraction of sp³-hybridized carbons (Fsp3) is 0.308. The monoisotopic (exact) mass is 494 g/mol. The van der Waals surface area contributed by atoms with Crippen molar-refractivity contribution in [3.8, 4) is 17.8 Å². The smallest absolute Gasteiger partial charge is 0.348 e. The van der Waals surface area contributed by atoms with Crippen molar-refractivity contribution in [3.63, 3.8) is 0 Å². The molecule has 1 atom stereocenters. The summed E-state index contributed by atoms with van der Waals surface area (Å²) in [7, 11) is 2.81. The molecule has 0 radical (unpaired) electrons. The molecule has 0 aliphatic heterocycles. The van der Waals surface area contributed by atoms with Gasteiger partial charge in [-0.25, -0.2) is 9.59 Å². The van der Waals surface area contributed by atoms with E-state index in [1.54, 1.807) is 65.6 Å². The highest BCUT2D eigenvalue weighted by atomic mass is 16.5. The van der Waals surface area contributed by atoms with Crippen LogP contribution in [-0.4, -0.2) is 65.4 Å². The molecule has 1 heterocycles. The molecule has 0 aliphatic rings. The topological polar surface area (TPSA) is 123 Å². The number of rotatable bonds is 11. The van der Waals surface area contributed by atoms with E-state index in [2.05, 4.69) is 15.3 Å². The fourth-order valence-corrected chi connectivity index (χ4v) is 3.91. The van der Waals surface area contributed by atoms with Gasteiger partial charge in [0.05, 0.1) is 20.3 Å². The Balaban J connectivity index is 2.27. The lowest BCUT2D eigenvalue weighted by molar-refractivity contribution is -0.149. The van der Waals surface area contributed by atoms with Gasteiger partial charge in [-0.2, -0.15) is 9.97 Å². The van der Waals surface area contributed by atoms with Gasteiger partial charge in [-0.1, -0.05) is 60.7 Å². The van der Waals surface area contributed by atoms with Crippen LogP contribution in [0.15, 0.2) is 66.7 Å². The summed E-state index contributed by atoms with van der Waals surface area (Å²) in [6.07, 6.45) is -1.68. The van der Waals surface area contributed by atoms with Crippen LogP contribution in [0, 0.1) is 0 Å². The molecule has 0 fully saturated rings. The van der Waals surface area contributed by atoms with Crippen molar-refractivity contribution in [1.82, 2.24) is 20.2 Å². The standard InChI is InChI=1S/C26H30N4O6/c1-5-30(6-2)25(33)29-26(18-13-9-7-10-14-18,19-15-11-8-12-16-19)22(23(31)32)36-24-27-20(34-3)17-21(28-24)35-4/h7-17,22H,5-6H2,1-4H3,(H,29,33)(H,31,32). The quantitative estimate of drug-likeness (QED) is 0.416. The van der Waals surface area contributed by atoms with Gasteiger partial charge in [-0.3, -0.25) is 0 Å². The Morgan fingerprint density at radius 1 is 0.917 bits per heavy atom. The second kappa shape index (κ2) is 11.9. The highest BCUT2D eigenvalue weighted by Crippen LogP contribution is 2.36. The average molecular weight is 495 g/mol. The molecule has 0 saturated heterocycles. The van der Waals surface area contributed by atoms with Crippen LogP contribution in [0.1, 0.15) is 25.0 Å². The van der Waals surface area contributed by atoms with Crippen molar-refractivity contribution in [2.24, 2.45) is 0 Å². The number of carboxylic acid groups (broad SMARTS) is 1. The number of carboxylic acids is 1. The number of amides is 2. The lowest BCUT2D eigenvalue weighted by Crippen LogP contribution is -2.62. The number of carbonyl (C=O) groups excluding carboxylic acids is 1. The highest BCUT2D eigenvalue weighted by Gasteiger charge is 2.50. The van der Waals surface area contributed by atoms with Gasteiger partial charge in [0.15, 0.2) is 0 Å². The zero-order chi connectivity index (χ0) is 26.1. The maximum atomic E-state index is 13.4. The van der Waals surface area contributed by atoms with Crippen LogP contribution in [0.5, 0.6) is 17.8 Å². The summed E-state index contributed by atoms with van der Waals surface area (Å²) in [4.78, 5) is 36.2. The molecule has 0 saturated carbocycles. The van der Waals surface area contributed by atoms with Crippen LogP contribution < -0.4 is 19.5 Å². The van der Waals surface area contributed by atoms with Gasteiger partial charge in [0.2, 0.25) is 17.9 Å². The van der Waals surface area contributed by atoms with Crippen LogP contribution in [0.3, 0.4) is 0 Å². The zero-order valence-electron chi connectivity index (χ0n) is 20.7. The minimum atomic E-state index is -1.68. The number of aliphatic carboxylic acids is 1. The molecule has 0 aliphatic carbocycles. The van der Waals surface area contributed by atoms with Gasteiger partial charge in [0.1, 0.15) is 5.54 Å². The van der Waals surface area contributed by atoms with E-state index in [-0.39, 0.29) is 17.8 Å². The summed E-state index contributed by atoms with van der Waals surface area (Å²) < 4.78 is 16.3. The molecule has 0 bridgehead atoms. The fourth-order valence-electron chi connectivity index (χ4n) is 3.91. The number of hydrogen-bond acceptors (Lipinski definition) is 7. The number of carbonyl (C=O) groups is 2. The first-order valence-corrected chi connectivity index (χ1v) is 11.4. The Hall–Kier alpha value is -4.34. The van der Waals surface area contributed by atoms with E-state index in [0.717, 1.165) is 0 Å². The van der Waals surface area contributed by atoms with Crippen molar-refractivity contribution >= 4 is 12.0 Å². The second-order valence-electron chi connectivity index (χ2n) is 7.71. The van der Waals surface area contributed by atoms with Crippen molar-refractivity contribution in [2.75, 3.05) is 27.3 Å². The molecule has 1 aromatic heterocycles. The Kier molecular flexibility index (Phi) is 8.66. The lowest BCUT2D eigenvalue weighted by atomic mass is 9.78. The summed E-state index contributed by atoms with van der Waals surface area (Å²) in [6, 6.07) is 18.3. The van der Waals surface area contributed by atoms with Gasteiger partial charge >= 0.3 is 18.0 Å². The van der Waals surface area contributed by atoms with Crippen LogP contribution in [0.25, 0.3) is 0 Å². The Labute approximate surface area is 209 Å². The Bertz CT molecular complexity index is 1090. The molecule has 190 valence electrons. The van der Waals surface area contributed by atoms with E-state index in [9.17, 15) is 14.7 Å². The van der Waals surface area contributed by atoms with Gasteiger partial charge in [-0.05, 0) is 25.0 Å². The Morgan fingerprint density at radius 3 is 1.78 bits per heavy atom. The third kappa shape index (κ3) is 5.48. The first kappa shape index (κ1) is 26.3. The first-order valence-electron chi connectivity index (χ1n) is 11.4. The molecule has 2 amide bonds. The predicted molar refractivity (Wildman–Crippen MR) is 132 cm³/mol. The summed E-state index contributed by atoms with van der Waals surface area (Å²) in [6.45, 7) is 4.54. The third-order valence-corrected chi connectivity index (χ3v) is 5.73.